The Hall–Kier alpha value is -1.88. The van der Waals surface area contributed by atoms with Crippen LogP contribution in [0.2, 0.25) is 5.15 Å². The Morgan fingerprint density at radius 3 is 2.52 bits per heavy atom. The molecule has 2 rings (SSSR count). The van der Waals surface area contributed by atoms with Gasteiger partial charge >= 0.3 is 0 Å². The number of nitrogens with one attached hydrogen (secondary N) is 1. The molecule has 1 N–H and O–H groups in total. The number of hydrogen-bond donors (Lipinski definition) is 1. The van der Waals surface area contributed by atoms with Crippen LogP contribution in [0.4, 0.5) is 15.9 Å². The summed E-state index contributed by atoms with van der Waals surface area (Å²) in [5, 5.41) is 3.22. The first kappa shape index (κ1) is 15.5. The lowest BCUT2D eigenvalue weighted by Gasteiger charge is -2.18. The summed E-state index contributed by atoms with van der Waals surface area (Å²) in [5.41, 5.74) is 0.0119. The van der Waals surface area contributed by atoms with Crippen LogP contribution in [0.25, 0.3) is 0 Å². The fourth-order valence-electron chi connectivity index (χ4n) is 1.68. The van der Waals surface area contributed by atoms with Crippen LogP contribution in [-0.4, -0.2) is 17.1 Å². The fourth-order valence-corrected chi connectivity index (χ4v) is 1.87. The van der Waals surface area contributed by atoms with Gasteiger partial charge in [0.1, 0.15) is 28.4 Å². The lowest BCUT2D eigenvalue weighted by Crippen LogP contribution is -2.17. The molecule has 0 aliphatic carbocycles. The minimum Gasteiger partial charge on any atom is -0.497 e. The summed E-state index contributed by atoms with van der Waals surface area (Å²) in [6.07, 6.45) is 0. The molecule has 4 nitrogen and oxygen atoms in total. The molecule has 0 aliphatic rings. The van der Waals surface area contributed by atoms with Crippen LogP contribution in [-0.2, 0) is 5.41 Å². The second-order valence-corrected chi connectivity index (χ2v) is 6.01. The Morgan fingerprint density at radius 1 is 1.19 bits per heavy atom. The molecule has 6 heteroatoms. The molecule has 0 atom stereocenters. The third kappa shape index (κ3) is 3.82. The van der Waals surface area contributed by atoms with Crippen molar-refractivity contribution in [2.45, 2.75) is 26.2 Å². The summed E-state index contributed by atoms with van der Waals surface area (Å²) in [7, 11) is 1.52. The quantitative estimate of drug-likeness (QED) is 0.858. The number of nitrogens with zero attached hydrogens (tertiary/aromatic N) is 2. The highest BCUT2D eigenvalue weighted by Crippen LogP contribution is 2.27. The molecule has 0 saturated carbocycles. The van der Waals surface area contributed by atoms with Gasteiger partial charge in [0.2, 0.25) is 0 Å². The normalized spacial score (nSPS) is 11.3. The van der Waals surface area contributed by atoms with Crippen molar-refractivity contribution >= 4 is 23.1 Å². The van der Waals surface area contributed by atoms with Crippen molar-refractivity contribution in [1.29, 1.82) is 0 Å². The third-order valence-electron chi connectivity index (χ3n) is 2.80. The number of methoxy groups -OCH3 is 1. The molecule has 0 bridgehead atoms. The van der Waals surface area contributed by atoms with Crippen LogP contribution in [0, 0.1) is 5.82 Å². The molecule has 1 aromatic heterocycles. The number of aromatic nitrogens is 2. The lowest BCUT2D eigenvalue weighted by atomic mass is 9.96. The van der Waals surface area contributed by atoms with Crippen LogP contribution < -0.4 is 10.1 Å². The van der Waals surface area contributed by atoms with E-state index < -0.39 is 5.82 Å². The SMILES string of the molecule is COc1ccc(F)c(Nc2cc(Cl)nc(C(C)(C)C)n2)c1. The third-order valence-corrected chi connectivity index (χ3v) is 3.00. The van der Waals surface area contributed by atoms with E-state index in [0.29, 0.717) is 22.5 Å². The highest BCUT2D eigenvalue weighted by atomic mass is 35.5. The van der Waals surface area contributed by atoms with Crippen molar-refractivity contribution in [3.8, 4) is 5.75 Å². The Balaban J connectivity index is 2.38. The summed E-state index contributed by atoms with van der Waals surface area (Å²) in [6, 6.07) is 5.99. The summed E-state index contributed by atoms with van der Waals surface area (Å²) in [6.45, 7) is 5.94. The van der Waals surface area contributed by atoms with Gasteiger partial charge in [0.15, 0.2) is 0 Å². The maximum atomic E-state index is 13.8. The van der Waals surface area contributed by atoms with Crippen LogP contribution in [0.1, 0.15) is 26.6 Å². The Bertz CT molecular complexity index is 656. The topological polar surface area (TPSA) is 47.0 Å². The number of anilines is 2. The molecule has 0 saturated heterocycles. The van der Waals surface area contributed by atoms with Gasteiger partial charge in [-0.25, -0.2) is 14.4 Å². The van der Waals surface area contributed by atoms with Crippen molar-refractivity contribution in [2.75, 3.05) is 12.4 Å². The van der Waals surface area contributed by atoms with E-state index in [-0.39, 0.29) is 11.1 Å². The maximum Gasteiger partial charge on any atom is 0.146 e. The van der Waals surface area contributed by atoms with Crippen LogP contribution >= 0.6 is 11.6 Å². The van der Waals surface area contributed by atoms with Crippen molar-refractivity contribution in [1.82, 2.24) is 9.97 Å². The molecule has 0 spiro atoms. The van der Waals surface area contributed by atoms with Gasteiger partial charge in [0.05, 0.1) is 12.8 Å². The first-order chi connectivity index (χ1) is 9.79. The zero-order chi connectivity index (χ0) is 15.6. The Morgan fingerprint density at radius 2 is 1.90 bits per heavy atom. The summed E-state index contributed by atoms with van der Waals surface area (Å²) in [4.78, 5) is 8.58. The second kappa shape index (κ2) is 5.85. The number of rotatable bonds is 3. The van der Waals surface area contributed by atoms with Gasteiger partial charge in [-0.15, -0.1) is 0 Å². The van der Waals surface area contributed by atoms with Crippen molar-refractivity contribution in [2.24, 2.45) is 0 Å². The predicted octanol–water partition coefficient (Wildman–Crippen LogP) is 4.32. The molecule has 0 amide bonds. The van der Waals surface area contributed by atoms with Gasteiger partial charge in [-0.05, 0) is 12.1 Å². The highest BCUT2D eigenvalue weighted by Gasteiger charge is 2.19. The number of halogens is 2. The van der Waals surface area contributed by atoms with E-state index in [1.807, 2.05) is 20.8 Å². The zero-order valence-electron chi connectivity index (χ0n) is 12.4. The van der Waals surface area contributed by atoms with E-state index >= 15 is 0 Å². The summed E-state index contributed by atoms with van der Waals surface area (Å²) in [5.74, 6) is 1.17. The van der Waals surface area contributed by atoms with E-state index in [0.717, 1.165) is 0 Å². The van der Waals surface area contributed by atoms with Crippen LogP contribution in [0.15, 0.2) is 24.3 Å². The molecule has 0 fully saturated rings. The molecule has 0 unspecified atom stereocenters. The zero-order valence-corrected chi connectivity index (χ0v) is 13.1. The molecule has 0 aliphatic heterocycles. The minimum atomic E-state index is -0.400. The van der Waals surface area contributed by atoms with E-state index in [9.17, 15) is 4.39 Å². The molecule has 0 radical (unpaired) electrons. The average molecular weight is 310 g/mol. The van der Waals surface area contributed by atoms with Crippen LogP contribution in [0.3, 0.4) is 0 Å². The first-order valence-electron chi connectivity index (χ1n) is 6.45. The van der Waals surface area contributed by atoms with Gasteiger partial charge < -0.3 is 10.1 Å². The molecule has 2 aromatic rings. The standard InChI is InChI=1S/C15H17ClFN3O/c1-15(2,3)14-19-12(16)8-13(20-14)18-11-7-9(21-4)5-6-10(11)17/h5-8H,1-4H3,(H,18,19,20). The molecular formula is C15H17ClFN3O. The lowest BCUT2D eigenvalue weighted by molar-refractivity contribution is 0.414. The Labute approximate surface area is 128 Å². The van der Waals surface area contributed by atoms with Gasteiger partial charge in [-0.3, -0.25) is 0 Å². The van der Waals surface area contributed by atoms with E-state index in [2.05, 4.69) is 15.3 Å². The van der Waals surface area contributed by atoms with Crippen LogP contribution in [0.5, 0.6) is 5.75 Å². The van der Waals surface area contributed by atoms with Gasteiger partial charge in [-0.1, -0.05) is 32.4 Å². The number of ether oxygens (including phenoxy) is 1. The maximum absolute atomic E-state index is 13.8. The van der Waals surface area contributed by atoms with E-state index in [4.69, 9.17) is 16.3 Å². The highest BCUT2D eigenvalue weighted by molar-refractivity contribution is 6.29. The van der Waals surface area contributed by atoms with Crippen molar-refractivity contribution < 1.29 is 9.13 Å². The number of benzene rings is 1. The van der Waals surface area contributed by atoms with E-state index in [1.54, 1.807) is 18.2 Å². The molecule has 1 aromatic carbocycles. The van der Waals surface area contributed by atoms with E-state index in [1.165, 1.54) is 13.2 Å². The largest absolute Gasteiger partial charge is 0.497 e. The monoisotopic (exact) mass is 309 g/mol. The van der Waals surface area contributed by atoms with Crippen molar-refractivity contribution in [3.63, 3.8) is 0 Å². The van der Waals surface area contributed by atoms with Crippen molar-refractivity contribution in [3.05, 3.63) is 41.1 Å². The Kier molecular flexibility index (Phi) is 4.32. The first-order valence-corrected chi connectivity index (χ1v) is 6.83. The summed E-state index contributed by atoms with van der Waals surface area (Å²) >= 11 is 6.01. The van der Waals surface area contributed by atoms with Gasteiger partial charge in [0, 0.05) is 17.5 Å². The molecule has 1 heterocycles. The smallest absolute Gasteiger partial charge is 0.146 e. The molecule has 112 valence electrons. The fraction of sp³-hybridized carbons (Fsp3) is 0.333. The second-order valence-electron chi connectivity index (χ2n) is 5.62. The van der Waals surface area contributed by atoms with Gasteiger partial charge in [-0.2, -0.15) is 0 Å². The predicted molar refractivity (Wildman–Crippen MR) is 82.0 cm³/mol. The summed E-state index contributed by atoms with van der Waals surface area (Å²) < 4.78 is 18.9. The molecule has 21 heavy (non-hydrogen) atoms. The van der Waals surface area contributed by atoms with Gasteiger partial charge in [0.25, 0.3) is 0 Å². The average Bonchev–Trinajstić information content (AvgIpc) is 2.39. The minimum absolute atomic E-state index is 0.256. The molecular weight excluding hydrogens is 293 g/mol. The number of hydrogen-bond acceptors (Lipinski definition) is 4.